The molecule has 0 heteroatoms. The molecule has 1 aromatic rings. The molecule has 1 aliphatic carbocycles. The minimum atomic E-state index is 1.03. The average Bonchev–Trinajstić information content (AvgIpc) is 2.44. The number of rotatable bonds is 1. The van der Waals surface area contributed by atoms with E-state index in [0.717, 1.165) is 6.42 Å². The zero-order valence-electron chi connectivity index (χ0n) is 9.33. The van der Waals surface area contributed by atoms with Crippen LogP contribution in [0.5, 0.6) is 0 Å². The highest BCUT2D eigenvalue weighted by Crippen LogP contribution is 2.24. The van der Waals surface area contributed by atoms with Crippen LogP contribution >= 0.6 is 0 Å². The van der Waals surface area contributed by atoms with Crippen LogP contribution in [0.15, 0.2) is 54.1 Å². The molecule has 0 saturated carbocycles. The molecule has 0 aliphatic heterocycles. The number of benzene rings is 1. The lowest BCUT2D eigenvalue weighted by molar-refractivity contribution is 1.32. The van der Waals surface area contributed by atoms with Gasteiger partial charge in [-0.3, -0.25) is 0 Å². The summed E-state index contributed by atoms with van der Waals surface area (Å²) in [7, 11) is 0. The number of allylic oxidation sites excluding steroid dienone is 6. The van der Waals surface area contributed by atoms with Crippen molar-refractivity contribution in [1.29, 1.82) is 0 Å². The first-order valence-corrected chi connectivity index (χ1v) is 5.37. The fourth-order valence-electron chi connectivity index (χ4n) is 1.86. The molecule has 2 rings (SSSR count). The Hall–Kier alpha value is -1.56. The number of hydrogen-bond acceptors (Lipinski definition) is 0. The third kappa shape index (κ3) is 2.27. The summed E-state index contributed by atoms with van der Waals surface area (Å²) in [5, 5.41) is 0. The van der Waals surface area contributed by atoms with Gasteiger partial charge in [-0.2, -0.15) is 0 Å². The Balaban J connectivity index is 2.37. The molecule has 0 radical (unpaired) electrons. The zero-order valence-corrected chi connectivity index (χ0v) is 9.33. The predicted molar refractivity (Wildman–Crippen MR) is 66.7 cm³/mol. The molecule has 0 atom stereocenters. The van der Waals surface area contributed by atoms with Gasteiger partial charge in [0.05, 0.1) is 0 Å². The van der Waals surface area contributed by atoms with E-state index in [4.69, 9.17) is 0 Å². The fourth-order valence-corrected chi connectivity index (χ4v) is 1.86. The smallest absolute Gasteiger partial charge is 0.00857 e. The Kier molecular flexibility index (Phi) is 2.86. The monoisotopic (exact) mass is 196 g/mol. The first-order chi connectivity index (χ1) is 7.27. The lowest BCUT2D eigenvalue weighted by atomic mass is 9.98. The Labute approximate surface area is 91.6 Å². The lowest BCUT2D eigenvalue weighted by Gasteiger charge is -2.07. The number of hydrogen-bond donors (Lipinski definition) is 0. The summed E-state index contributed by atoms with van der Waals surface area (Å²) in [6, 6.07) is 8.56. The van der Waals surface area contributed by atoms with Gasteiger partial charge >= 0.3 is 0 Å². The molecular weight excluding hydrogens is 180 g/mol. The maximum atomic E-state index is 2.28. The van der Waals surface area contributed by atoms with Crippen LogP contribution in [0.2, 0.25) is 0 Å². The van der Waals surface area contributed by atoms with Crippen LogP contribution in [-0.2, 0) is 0 Å². The number of aryl methyl sites for hydroxylation is 1. The van der Waals surface area contributed by atoms with Crippen molar-refractivity contribution < 1.29 is 0 Å². The zero-order chi connectivity index (χ0) is 10.7. The van der Waals surface area contributed by atoms with Crippen molar-refractivity contribution in [2.24, 2.45) is 0 Å². The molecular formula is C15H16. The largest absolute Gasteiger partial charge is 0.0772 e. The summed E-state index contributed by atoms with van der Waals surface area (Å²) in [5.41, 5.74) is 5.47. The first kappa shape index (κ1) is 9.97. The molecule has 1 aromatic carbocycles. The molecule has 0 N–H and O–H groups in total. The van der Waals surface area contributed by atoms with Crippen molar-refractivity contribution in [3.63, 3.8) is 0 Å². The van der Waals surface area contributed by atoms with E-state index in [9.17, 15) is 0 Å². The highest BCUT2D eigenvalue weighted by Gasteiger charge is 2.03. The Morgan fingerprint density at radius 3 is 2.67 bits per heavy atom. The second kappa shape index (κ2) is 4.31. The van der Waals surface area contributed by atoms with Crippen LogP contribution in [0.4, 0.5) is 0 Å². The van der Waals surface area contributed by atoms with Crippen molar-refractivity contribution >= 4 is 5.57 Å². The molecule has 0 saturated heterocycles. The van der Waals surface area contributed by atoms with Gasteiger partial charge in [0.2, 0.25) is 0 Å². The second-order valence-electron chi connectivity index (χ2n) is 4.02. The molecule has 1 aliphatic rings. The molecule has 76 valence electrons. The molecule has 0 aromatic heterocycles. The van der Waals surface area contributed by atoms with Crippen molar-refractivity contribution in [2.75, 3.05) is 0 Å². The van der Waals surface area contributed by atoms with E-state index < -0.39 is 0 Å². The highest BCUT2D eigenvalue weighted by atomic mass is 14.1. The maximum Gasteiger partial charge on any atom is -0.00857 e. The SMILES string of the molecule is CC1=CCC(c2ccccc2C)=CC=C1. The van der Waals surface area contributed by atoms with Gasteiger partial charge < -0.3 is 0 Å². The summed E-state index contributed by atoms with van der Waals surface area (Å²) >= 11 is 0. The Morgan fingerprint density at radius 2 is 1.87 bits per heavy atom. The lowest BCUT2D eigenvalue weighted by Crippen LogP contribution is -1.87. The van der Waals surface area contributed by atoms with Gasteiger partial charge in [0.1, 0.15) is 0 Å². The summed E-state index contributed by atoms with van der Waals surface area (Å²) in [5.74, 6) is 0. The quantitative estimate of drug-likeness (QED) is 0.628. The van der Waals surface area contributed by atoms with Gasteiger partial charge in [-0.25, -0.2) is 0 Å². The van der Waals surface area contributed by atoms with Crippen LogP contribution in [0.3, 0.4) is 0 Å². The topological polar surface area (TPSA) is 0 Å². The van der Waals surface area contributed by atoms with Gasteiger partial charge in [0.15, 0.2) is 0 Å². The van der Waals surface area contributed by atoms with Gasteiger partial charge in [-0.05, 0) is 37.0 Å². The average molecular weight is 196 g/mol. The van der Waals surface area contributed by atoms with E-state index in [1.165, 1.54) is 22.3 Å². The third-order valence-electron chi connectivity index (χ3n) is 2.79. The molecule has 0 bridgehead atoms. The first-order valence-electron chi connectivity index (χ1n) is 5.37. The van der Waals surface area contributed by atoms with E-state index in [0.29, 0.717) is 0 Å². The van der Waals surface area contributed by atoms with Gasteiger partial charge in [0, 0.05) is 0 Å². The molecule has 0 nitrogen and oxygen atoms in total. The van der Waals surface area contributed by atoms with Crippen molar-refractivity contribution in [1.82, 2.24) is 0 Å². The third-order valence-corrected chi connectivity index (χ3v) is 2.79. The minimum absolute atomic E-state index is 1.03. The van der Waals surface area contributed by atoms with E-state index in [1.807, 2.05) is 0 Å². The molecule has 0 heterocycles. The van der Waals surface area contributed by atoms with Gasteiger partial charge in [-0.15, -0.1) is 0 Å². The second-order valence-corrected chi connectivity index (χ2v) is 4.02. The summed E-state index contributed by atoms with van der Waals surface area (Å²) in [6.07, 6.45) is 9.83. The fraction of sp³-hybridized carbons (Fsp3) is 0.200. The van der Waals surface area contributed by atoms with E-state index >= 15 is 0 Å². The highest BCUT2D eigenvalue weighted by molar-refractivity contribution is 5.71. The van der Waals surface area contributed by atoms with Gasteiger partial charge in [0.25, 0.3) is 0 Å². The Bertz CT molecular complexity index is 442. The molecule has 0 fully saturated rings. The normalized spacial score (nSPS) is 15.6. The van der Waals surface area contributed by atoms with E-state index in [1.54, 1.807) is 0 Å². The molecule has 0 amide bonds. The van der Waals surface area contributed by atoms with Crippen LogP contribution in [0.1, 0.15) is 24.5 Å². The van der Waals surface area contributed by atoms with E-state index in [2.05, 4.69) is 62.4 Å². The molecule has 0 unspecified atom stereocenters. The van der Waals surface area contributed by atoms with Crippen LogP contribution in [0.25, 0.3) is 5.57 Å². The van der Waals surface area contributed by atoms with Crippen LogP contribution in [0, 0.1) is 6.92 Å². The van der Waals surface area contributed by atoms with Crippen molar-refractivity contribution in [3.8, 4) is 0 Å². The Morgan fingerprint density at radius 1 is 1.07 bits per heavy atom. The van der Waals surface area contributed by atoms with Crippen LogP contribution < -0.4 is 0 Å². The predicted octanol–water partition coefficient (Wildman–Crippen LogP) is 4.28. The molecule has 0 spiro atoms. The maximum absolute atomic E-state index is 2.28. The summed E-state index contributed by atoms with van der Waals surface area (Å²) < 4.78 is 0. The van der Waals surface area contributed by atoms with Crippen LogP contribution in [-0.4, -0.2) is 0 Å². The summed E-state index contributed by atoms with van der Waals surface area (Å²) in [4.78, 5) is 0. The van der Waals surface area contributed by atoms with Gasteiger partial charge in [-0.1, -0.05) is 54.1 Å². The standard InChI is InChI=1S/C15H16/c1-12-6-5-8-14(11-10-12)15-9-4-3-7-13(15)2/h3-10H,11H2,1-2H3. The van der Waals surface area contributed by atoms with Crippen molar-refractivity contribution in [2.45, 2.75) is 20.3 Å². The van der Waals surface area contributed by atoms with Crippen molar-refractivity contribution in [3.05, 3.63) is 65.3 Å². The molecule has 15 heavy (non-hydrogen) atoms. The minimum Gasteiger partial charge on any atom is -0.0772 e. The van der Waals surface area contributed by atoms with E-state index in [-0.39, 0.29) is 0 Å². The summed E-state index contributed by atoms with van der Waals surface area (Å²) in [6.45, 7) is 4.31.